The van der Waals surface area contributed by atoms with Gasteiger partial charge in [-0.2, -0.15) is 0 Å². The van der Waals surface area contributed by atoms with E-state index >= 15 is 0 Å². The minimum Gasteiger partial charge on any atom is -0.462 e. The topological polar surface area (TPSA) is 43.4 Å². The Hall–Kier alpha value is -1.12. The molecule has 196 valence electrons. The van der Waals surface area contributed by atoms with Gasteiger partial charge in [-0.15, -0.1) is 0 Å². The summed E-state index contributed by atoms with van der Waals surface area (Å²) in [5, 5.41) is 0. The number of esters is 1. The molecule has 5 aliphatic carbocycles. The molecule has 5 aliphatic rings. The number of fused-ring (bicyclic) bond motifs is 7. The molecule has 0 amide bonds. The van der Waals surface area contributed by atoms with Crippen molar-refractivity contribution in [3.05, 3.63) is 12.2 Å². The molecule has 10 atom stereocenters. The Balaban J connectivity index is 1.51. The van der Waals surface area contributed by atoms with E-state index in [0.717, 1.165) is 32.1 Å². The largest absolute Gasteiger partial charge is 0.462 e. The fourth-order valence-corrected chi connectivity index (χ4v) is 11.8. The quantitative estimate of drug-likeness (QED) is 0.234. The van der Waals surface area contributed by atoms with Gasteiger partial charge in [0.1, 0.15) is 12.4 Å². The van der Waals surface area contributed by atoms with Gasteiger partial charge in [-0.3, -0.25) is 4.79 Å². The number of ether oxygens (including phenoxy) is 1. The summed E-state index contributed by atoms with van der Waals surface area (Å²) in [4.78, 5) is 24.5. The normalized spacial score (nSPS) is 52.3. The van der Waals surface area contributed by atoms with Crippen molar-refractivity contribution in [3.8, 4) is 0 Å². The average molecular weight is 483 g/mol. The van der Waals surface area contributed by atoms with Crippen LogP contribution in [0.25, 0.3) is 0 Å². The van der Waals surface area contributed by atoms with E-state index in [0.29, 0.717) is 35.0 Å². The highest BCUT2D eigenvalue weighted by atomic mass is 16.5. The third kappa shape index (κ3) is 3.21. The van der Waals surface area contributed by atoms with Gasteiger partial charge in [-0.25, -0.2) is 0 Å². The summed E-state index contributed by atoms with van der Waals surface area (Å²) in [5.41, 5.74) is 2.05. The molecule has 0 aromatic rings. The van der Waals surface area contributed by atoms with Crippen LogP contribution in [0.2, 0.25) is 0 Å². The third-order valence-electron chi connectivity index (χ3n) is 13.6. The molecule has 3 heteroatoms. The van der Waals surface area contributed by atoms with Crippen LogP contribution in [0, 0.1) is 56.7 Å². The first kappa shape index (κ1) is 25.5. The van der Waals surface area contributed by atoms with E-state index in [2.05, 4.69) is 48.1 Å². The number of aldehydes is 1. The Morgan fingerprint density at radius 1 is 0.829 bits per heavy atom. The number of hydrogen-bond acceptors (Lipinski definition) is 3. The fraction of sp³-hybridized carbons (Fsp3) is 0.875. The smallest absolute Gasteiger partial charge is 0.302 e. The Bertz CT molecular complexity index is 920. The first-order chi connectivity index (χ1) is 16.3. The zero-order chi connectivity index (χ0) is 25.6. The van der Waals surface area contributed by atoms with Crippen molar-refractivity contribution in [3.63, 3.8) is 0 Å². The van der Waals surface area contributed by atoms with E-state index < -0.39 is 0 Å². The highest BCUT2D eigenvalue weighted by Crippen LogP contribution is 2.77. The maximum atomic E-state index is 12.6. The summed E-state index contributed by atoms with van der Waals surface area (Å²) in [5.74, 6) is 2.76. The second-order valence-corrected chi connectivity index (χ2v) is 15.0. The Morgan fingerprint density at radius 3 is 2.17 bits per heavy atom. The number of carbonyl (C=O) groups is 2. The van der Waals surface area contributed by atoms with Crippen molar-refractivity contribution < 1.29 is 14.3 Å². The van der Waals surface area contributed by atoms with Crippen LogP contribution >= 0.6 is 0 Å². The van der Waals surface area contributed by atoms with Crippen LogP contribution in [0.5, 0.6) is 0 Å². The molecule has 0 N–H and O–H groups in total. The Labute approximate surface area is 214 Å². The number of hydrogen-bond donors (Lipinski definition) is 0. The lowest BCUT2D eigenvalue weighted by Gasteiger charge is -2.72. The molecule has 0 heterocycles. The summed E-state index contributed by atoms with van der Waals surface area (Å²) >= 11 is 0. The van der Waals surface area contributed by atoms with Crippen LogP contribution in [0.1, 0.15) is 113 Å². The molecule has 5 fully saturated rings. The highest BCUT2D eigenvalue weighted by Gasteiger charge is 2.71. The minimum absolute atomic E-state index is 0.00743. The summed E-state index contributed by atoms with van der Waals surface area (Å²) in [6.07, 6.45) is 13.1. The second-order valence-electron chi connectivity index (χ2n) is 15.0. The minimum atomic E-state index is -0.134. The number of rotatable bonds is 3. The van der Waals surface area contributed by atoms with E-state index in [9.17, 15) is 9.59 Å². The summed E-state index contributed by atoms with van der Waals surface area (Å²) in [6, 6.07) is 0. The number of carbonyl (C=O) groups excluding carboxylic acids is 2. The molecule has 5 saturated carbocycles. The SMILES string of the molecule is C=C(C)[C@@H]1CC[C@]2(C=O)CC[C@]3(C)[C@H](CC[C@@H]4[C@@]5(C)CC[C@@H](OC(C)=O)C(C)(C)[C@@H]5CC[C@]43C)[C@H]12. The molecule has 0 radical (unpaired) electrons. The maximum absolute atomic E-state index is 12.6. The van der Waals surface area contributed by atoms with Crippen molar-refractivity contribution in [1.29, 1.82) is 0 Å². The van der Waals surface area contributed by atoms with E-state index in [-0.39, 0.29) is 33.7 Å². The molecule has 35 heavy (non-hydrogen) atoms. The summed E-state index contributed by atoms with van der Waals surface area (Å²) < 4.78 is 5.89. The van der Waals surface area contributed by atoms with Crippen molar-refractivity contribution in [2.75, 3.05) is 0 Å². The van der Waals surface area contributed by atoms with Crippen molar-refractivity contribution in [2.24, 2.45) is 56.7 Å². The van der Waals surface area contributed by atoms with Gasteiger partial charge in [0.2, 0.25) is 0 Å². The highest BCUT2D eigenvalue weighted by molar-refractivity contribution is 5.66. The maximum Gasteiger partial charge on any atom is 0.302 e. The lowest BCUT2D eigenvalue weighted by atomic mass is 9.32. The Kier molecular flexibility index (Phi) is 5.79. The van der Waals surface area contributed by atoms with Crippen molar-refractivity contribution in [2.45, 2.75) is 119 Å². The fourth-order valence-electron chi connectivity index (χ4n) is 11.8. The van der Waals surface area contributed by atoms with Crippen LogP contribution in [-0.2, 0) is 14.3 Å². The zero-order valence-electron chi connectivity index (χ0n) is 23.5. The lowest BCUT2D eigenvalue weighted by molar-refractivity contribution is -0.247. The van der Waals surface area contributed by atoms with E-state index in [1.54, 1.807) is 6.92 Å². The van der Waals surface area contributed by atoms with E-state index in [4.69, 9.17) is 4.74 Å². The molecule has 0 unspecified atom stereocenters. The van der Waals surface area contributed by atoms with Gasteiger partial charge < -0.3 is 9.53 Å². The van der Waals surface area contributed by atoms with Gasteiger partial charge in [0.15, 0.2) is 0 Å². The zero-order valence-corrected chi connectivity index (χ0v) is 23.5. The summed E-state index contributed by atoms with van der Waals surface area (Å²) in [7, 11) is 0. The monoisotopic (exact) mass is 482 g/mol. The average Bonchev–Trinajstić information content (AvgIpc) is 3.16. The van der Waals surface area contributed by atoms with E-state index in [1.807, 2.05) is 0 Å². The van der Waals surface area contributed by atoms with Gasteiger partial charge in [0.05, 0.1) is 0 Å². The molecule has 0 aliphatic heterocycles. The third-order valence-corrected chi connectivity index (χ3v) is 13.6. The van der Waals surface area contributed by atoms with Crippen molar-refractivity contribution in [1.82, 2.24) is 0 Å². The van der Waals surface area contributed by atoms with Crippen LogP contribution in [0.15, 0.2) is 12.2 Å². The van der Waals surface area contributed by atoms with Gasteiger partial charge in [-0.1, -0.05) is 46.8 Å². The van der Waals surface area contributed by atoms with Crippen LogP contribution in [-0.4, -0.2) is 18.4 Å². The van der Waals surface area contributed by atoms with Crippen LogP contribution in [0.3, 0.4) is 0 Å². The Morgan fingerprint density at radius 2 is 1.54 bits per heavy atom. The van der Waals surface area contributed by atoms with Gasteiger partial charge >= 0.3 is 5.97 Å². The molecule has 5 rings (SSSR count). The molecule has 0 bridgehead atoms. The van der Waals surface area contributed by atoms with Gasteiger partial charge in [0.25, 0.3) is 0 Å². The summed E-state index contributed by atoms with van der Waals surface area (Å²) in [6.45, 7) is 20.8. The molecular formula is C32H50O3. The predicted molar refractivity (Wildman–Crippen MR) is 141 cm³/mol. The van der Waals surface area contributed by atoms with Crippen molar-refractivity contribution >= 4 is 12.3 Å². The lowest BCUT2D eigenvalue weighted by Crippen LogP contribution is -2.66. The predicted octanol–water partition coefficient (Wildman–Crippen LogP) is 7.77. The molecule has 0 spiro atoms. The van der Waals surface area contributed by atoms with Crippen LogP contribution < -0.4 is 0 Å². The molecule has 0 saturated heterocycles. The molecule has 0 aromatic heterocycles. The molecular weight excluding hydrogens is 432 g/mol. The molecule has 3 nitrogen and oxygen atoms in total. The van der Waals surface area contributed by atoms with Gasteiger partial charge in [-0.05, 0) is 117 Å². The second kappa shape index (κ2) is 7.94. The van der Waals surface area contributed by atoms with E-state index in [1.165, 1.54) is 44.0 Å². The van der Waals surface area contributed by atoms with Crippen LogP contribution in [0.4, 0.5) is 0 Å². The number of allylic oxidation sites excluding steroid dienone is 1. The van der Waals surface area contributed by atoms with Gasteiger partial charge in [0, 0.05) is 17.8 Å². The first-order valence-electron chi connectivity index (χ1n) is 14.6. The standard InChI is InChI=1S/C32H50O3/c1-20(2)22-11-16-32(19-33)18-17-30(7)23(27(22)32)9-10-25-29(6)14-13-26(35-21(3)34)28(4,5)24(29)12-15-31(25,30)8/h19,22-27H,1,9-18H2,2-8H3/t22-,23+,24-,25+,26+,27-,29-,30+,31+,32+/m0/s1. The first-order valence-corrected chi connectivity index (χ1v) is 14.6. The molecule has 0 aromatic carbocycles.